The first-order valence-electron chi connectivity index (χ1n) is 4.11. The predicted octanol–water partition coefficient (Wildman–Crippen LogP) is -0.271. The molecule has 1 fully saturated rings. The van der Waals surface area contributed by atoms with Crippen LogP contribution in [0.25, 0.3) is 0 Å². The zero-order valence-electron chi connectivity index (χ0n) is 7.41. The largest absolute Gasteiger partial charge is 0.368 e. The van der Waals surface area contributed by atoms with Crippen molar-refractivity contribution in [2.45, 2.75) is 26.3 Å². The fraction of sp³-hybridized carbons (Fsp3) is 0.750. The number of nitrogens with zero attached hydrogens (tertiary/aromatic N) is 1. The molecule has 0 aromatic heterocycles. The van der Waals surface area contributed by atoms with Gasteiger partial charge in [-0.15, -0.1) is 0 Å². The lowest BCUT2D eigenvalue weighted by Gasteiger charge is -2.19. The van der Waals surface area contributed by atoms with E-state index in [1.807, 2.05) is 13.8 Å². The van der Waals surface area contributed by atoms with Crippen LogP contribution in [0, 0.1) is 5.92 Å². The highest BCUT2D eigenvalue weighted by Gasteiger charge is 2.34. The van der Waals surface area contributed by atoms with E-state index < -0.39 is 5.91 Å². The first kappa shape index (κ1) is 9.03. The monoisotopic (exact) mass is 170 g/mol. The first-order valence-corrected chi connectivity index (χ1v) is 4.11. The third kappa shape index (κ3) is 1.57. The van der Waals surface area contributed by atoms with Crippen molar-refractivity contribution in [3.05, 3.63) is 0 Å². The minimum absolute atomic E-state index is 0.0411. The molecule has 0 aromatic carbocycles. The van der Waals surface area contributed by atoms with E-state index in [0.29, 0.717) is 0 Å². The highest BCUT2D eigenvalue weighted by molar-refractivity contribution is 5.86. The van der Waals surface area contributed by atoms with Gasteiger partial charge >= 0.3 is 0 Å². The average molecular weight is 170 g/mol. The van der Waals surface area contributed by atoms with Crippen LogP contribution in [0.5, 0.6) is 0 Å². The molecular formula is C8H14N2O2. The minimum Gasteiger partial charge on any atom is -0.368 e. The van der Waals surface area contributed by atoms with Gasteiger partial charge in [-0.05, 0) is 13.3 Å². The van der Waals surface area contributed by atoms with Crippen LogP contribution in [0.3, 0.4) is 0 Å². The van der Waals surface area contributed by atoms with Gasteiger partial charge < -0.3 is 10.6 Å². The normalized spacial score (nSPS) is 29.5. The molecule has 0 radical (unpaired) electrons. The number of nitrogens with two attached hydrogens (primary N) is 1. The fourth-order valence-corrected chi connectivity index (χ4v) is 1.64. The van der Waals surface area contributed by atoms with Crippen molar-refractivity contribution in [2.24, 2.45) is 11.7 Å². The molecule has 2 amide bonds. The number of likely N-dealkylation sites (tertiary alicyclic amines) is 1. The third-order valence-corrected chi connectivity index (χ3v) is 2.26. The van der Waals surface area contributed by atoms with Crippen molar-refractivity contribution >= 4 is 11.8 Å². The van der Waals surface area contributed by atoms with Crippen LogP contribution in [0.15, 0.2) is 0 Å². The van der Waals surface area contributed by atoms with Gasteiger partial charge in [0.2, 0.25) is 11.8 Å². The van der Waals surface area contributed by atoms with E-state index in [-0.39, 0.29) is 24.4 Å². The molecule has 4 heteroatoms. The molecule has 1 saturated heterocycles. The highest BCUT2D eigenvalue weighted by atomic mass is 16.2. The fourth-order valence-electron chi connectivity index (χ4n) is 1.64. The van der Waals surface area contributed by atoms with Gasteiger partial charge in [-0.3, -0.25) is 9.59 Å². The van der Waals surface area contributed by atoms with Crippen molar-refractivity contribution in [3.63, 3.8) is 0 Å². The van der Waals surface area contributed by atoms with Crippen LogP contribution in [0.4, 0.5) is 0 Å². The summed E-state index contributed by atoms with van der Waals surface area (Å²) < 4.78 is 0. The molecule has 0 bridgehead atoms. The number of hydrogen-bond donors (Lipinski definition) is 1. The van der Waals surface area contributed by atoms with Gasteiger partial charge in [0.1, 0.15) is 0 Å². The van der Waals surface area contributed by atoms with Crippen molar-refractivity contribution in [1.29, 1.82) is 0 Å². The van der Waals surface area contributed by atoms with Gasteiger partial charge in [-0.25, -0.2) is 0 Å². The second kappa shape index (κ2) is 3.13. The number of primary amides is 1. The highest BCUT2D eigenvalue weighted by Crippen LogP contribution is 2.22. The molecule has 0 spiro atoms. The molecule has 12 heavy (non-hydrogen) atoms. The molecule has 2 unspecified atom stereocenters. The standard InChI is InChI=1S/C8H14N2O2/c1-5-3-6(2)10(8(5)12)4-7(9)11/h5-6H,3-4H2,1-2H3,(H2,9,11). The number of amides is 2. The Morgan fingerprint density at radius 1 is 1.67 bits per heavy atom. The summed E-state index contributed by atoms with van der Waals surface area (Å²) in [5.41, 5.74) is 5.01. The maximum absolute atomic E-state index is 11.4. The van der Waals surface area contributed by atoms with E-state index in [1.165, 1.54) is 0 Å². The summed E-state index contributed by atoms with van der Waals surface area (Å²) in [4.78, 5) is 23.5. The van der Waals surface area contributed by atoms with E-state index >= 15 is 0 Å². The van der Waals surface area contributed by atoms with Gasteiger partial charge in [0.05, 0.1) is 6.54 Å². The van der Waals surface area contributed by atoms with E-state index in [2.05, 4.69) is 0 Å². The van der Waals surface area contributed by atoms with Crippen LogP contribution >= 0.6 is 0 Å². The molecule has 1 aliphatic rings. The summed E-state index contributed by atoms with van der Waals surface area (Å²) in [7, 11) is 0. The Morgan fingerprint density at radius 2 is 2.25 bits per heavy atom. The molecule has 0 aliphatic carbocycles. The molecule has 1 rings (SSSR count). The van der Waals surface area contributed by atoms with Crippen molar-refractivity contribution < 1.29 is 9.59 Å². The molecule has 1 heterocycles. The Bertz CT molecular complexity index is 215. The van der Waals surface area contributed by atoms with Gasteiger partial charge in [0.25, 0.3) is 0 Å². The lowest BCUT2D eigenvalue weighted by atomic mass is 10.1. The van der Waals surface area contributed by atoms with Crippen LogP contribution in [0.2, 0.25) is 0 Å². The summed E-state index contributed by atoms with van der Waals surface area (Å²) in [6, 6.07) is 0.153. The Balaban J connectivity index is 2.63. The SMILES string of the molecule is CC1CC(C)N(CC(N)=O)C1=O. The smallest absolute Gasteiger partial charge is 0.237 e. The van der Waals surface area contributed by atoms with E-state index in [1.54, 1.807) is 4.90 Å². The van der Waals surface area contributed by atoms with Gasteiger partial charge in [0, 0.05) is 12.0 Å². The molecule has 0 saturated carbocycles. The van der Waals surface area contributed by atoms with Crippen molar-refractivity contribution in [1.82, 2.24) is 4.90 Å². The lowest BCUT2D eigenvalue weighted by molar-refractivity contribution is -0.135. The predicted molar refractivity (Wildman–Crippen MR) is 44.2 cm³/mol. The van der Waals surface area contributed by atoms with E-state index in [9.17, 15) is 9.59 Å². The Labute approximate surface area is 71.7 Å². The number of hydrogen-bond acceptors (Lipinski definition) is 2. The Kier molecular flexibility index (Phi) is 2.35. The molecular weight excluding hydrogens is 156 g/mol. The molecule has 1 aliphatic heterocycles. The van der Waals surface area contributed by atoms with Gasteiger partial charge in [-0.2, -0.15) is 0 Å². The lowest BCUT2D eigenvalue weighted by Crippen LogP contribution is -2.39. The molecule has 0 aromatic rings. The molecule has 68 valence electrons. The molecule has 2 atom stereocenters. The maximum Gasteiger partial charge on any atom is 0.237 e. The van der Waals surface area contributed by atoms with E-state index in [0.717, 1.165) is 6.42 Å². The molecule has 4 nitrogen and oxygen atoms in total. The second-order valence-corrected chi connectivity index (χ2v) is 3.42. The van der Waals surface area contributed by atoms with Crippen molar-refractivity contribution in [3.8, 4) is 0 Å². The minimum atomic E-state index is -0.440. The number of carbonyl (C=O) groups excluding carboxylic acids is 2. The molecule has 2 N–H and O–H groups in total. The Morgan fingerprint density at radius 3 is 2.58 bits per heavy atom. The third-order valence-electron chi connectivity index (χ3n) is 2.26. The number of rotatable bonds is 2. The van der Waals surface area contributed by atoms with Gasteiger partial charge in [-0.1, -0.05) is 6.92 Å². The van der Waals surface area contributed by atoms with Gasteiger partial charge in [0.15, 0.2) is 0 Å². The summed E-state index contributed by atoms with van der Waals surface area (Å²) >= 11 is 0. The summed E-state index contributed by atoms with van der Waals surface area (Å²) in [6.45, 7) is 3.87. The van der Waals surface area contributed by atoms with Crippen LogP contribution in [0.1, 0.15) is 20.3 Å². The number of carbonyl (C=O) groups is 2. The second-order valence-electron chi connectivity index (χ2n) is 3.42. The van der Waals surface area contributed by atoms with Crippen LogP contribution in [-0.2, 0) is 9.59 Å². The average Bonchev–Trinajstić information content (AvgIpc) is 2.16. The quantitative estimate of drug-likeness (QED) is 0.620. The van der Waals surface area contributed by atoms with E-state index in [4.69, 9.17) is 5.73 Å². The first-order chi connectivity index (χ1) is 5.52. The van der Waals surface area contributed by atoms with Crippen molar-refractivity contribution in [2.75, 3.05) is 6.54 Å². The summed E-state index contributed by atoms with van der Waals surface area (Å²) in [5, 5.41) is 0. The Hall–Kier alpha value is -1.06. The zero-order chi connectivity index (χ0) is 9.30. The topological polar surface area (TPSA) is 63.4 Å². The zero-order valence-corrected chi connectivity index (χ0v) is 7.41. The maximum atomic E-state index is 11.4. The summed E-state index contributed by atoms with van der Waals surface area (Å²) in [6.07, 6.45) is 0.826. The van der Waals surface area contributed by atoms with Crippen LogP contribution in [-0.4, -0.2) is 29.3 Å². The summed E-state index contributed by atoms with van der Waals surface area (Å²) in [5.74, 6) is -0.357. The van der Waals surface area contributed by atoms with Crippen LogP contribution < -0.4 is 5.73 Å².